The lowest BCUT2D eigenvalue weighted by atomic mass is 10.0. The monoisotopic (exact) mass is 320 g/mol. The molecular weight excluding hydrogens is 307 g/mol. The van der Waals surface area contributed by atoms with Crippen LogP contribution < -0.4 is 10.5 Å². The van der Waals surface area contributed by atoms with Gasteiger partial charge in [-0.3, -0.25) is 4.79 Å². The van der Waals surface area contributed by atoms with Gasteiger partial charge in [0.25, 0.3) is 0 Å². The van der Waals surface area contributed by atoms with Gasteiger partial charge in [0.1, 0.15) is 10.7 Å². The number of hydrogen-bond acceptors (Lipinski definition) is 3. The molecule has 5 nitrogen and oxygen atoms in total. The average molecular weight is 321 g/mol. The SMILES string of the molecule is NC(=O)[C@H]1CCC[C@H]1NS(=O)(=O)c1cc(F)ccc1Cl. The van der Waals surface area contributed by atoms with Crippen LogP contribution in [-0.4, -0.2) is 20.4 Å². The van der Waals surface area contributed by atoms with Gasteiger partial charge in [-0.1, -0.05) is 18.0 Å². The van der Waals surface area contributed by atoms with Gasteiger partial charge >= 0.3 is 0 Å². The van der Waals surface area contributed by atoms with E-state index in [9.17, 15) is 17.6 Å². The Hall–Kier alpha value is -1.18. The molecule has 1 aromatic carbocycles. The molecule has 110 valence electrons. The summed E-state index contributed by atoms with van der Waals surface area (Å²) in [5.41, 5.74) is 5.24. The van der Waals surface area contributed by atoms with E-state index in [0.717, 1.165) is 12.1 Å². The number of carbonyl (C=O) groups is 1. The van der Waals surface area contributed by atoms with E-state index >= 15 is 0 Å². The first kappa shape index (κ1) is 15.2. The summed E-state index contributed by atoms with van der Waals surface area (Å²) < 4.78 is 40.0. The largest absolute Gasteiger partial charge is 0.369 e. The maximum Gasteiger partial charge on any atom is 0.242 e. The molecule has 8 heteroatoms. The van der Waals surface area contributed by atoms with E-state index in [1.807, 2.05) is 0 Å². The van der Waals surface area contributed by atoms with E-state index in [1.54, 1.807) is 0 Å². The molecule has 1 amide bonds. The van der Waals surface area contributed by atoms with Crippen molar-refractivity contribution in [1.82, 2.24) is 4.72 Å². The normalized spacial score (nSPS) is 22.9. The lowest BCUT2D eigenvalue weighted by Gasteiger charge is -2.18. The van der Waals surface area contributed by atoms with Gasteiger partial charge in [-0.05, 0) is 31.0 Å². The van der Waals surface area contributed by atoms with E-state index in [4.69, 9.17) is 17.3 Å². The van der Waals surface area contributed by atoms with Crippen LogP contribution in [0.1, 0.15) is 19.3 Å². The van der Waals surface area contributed by atoms with Gasteiger partial charge in [-0.2, -0.15) is 0 Å². The highest BCUT2D eigenvalue weighted by Crippen LogP contribution is 2.28. The summed E-state index contributed by atoms with van der Waals surface area (Å²) in [7, 11) is -3.99. The van der Waals surface area contributed by atoms with Crippen molar-refractivity contribution >= 4 is 27.5 Å². The summed E-state index contributed by atoms with van der Waals surface area (Å²) >= 11 is 5.79. The first-order valence-electron chi connectivity index (χ1n) is 6.08. The number of nitrogens with one attached hydrogen (secondary N) is 1. The standard InChI is InChI=1S/C12H14ClFN2O3S/c13-9-5-4-7(14)6-11(9)20(18,19)16-10-3-1-2-8(10)12(15)17/h4-6,8,10,16H,1-3H2,(H2,15,17)/t8-,10+/m0/s1. The number of sulfonamides is 1. The van der Waals surface area contributed by atoms with Gasteiger partial charge in [-0.25, -0.2) is 17.5 Å². The lowest BCUT2D eigenvalue weighted by Crippen LogP contribution is -2.42. The Labute approximate surface area is 121 Å². The Kier molecular flexibility index (Phi) is 4.31. The van der Waals surface area contributed by atoms with Gasteiger partial charge in [0.2, 0.25) is 15.9 Å². The third kappa shape index (κ3) is 3.11. The summed E-state index contributed by atoms with van der Waals surface area (Å²) in [5.74, 6) is -1.79. The van der Waals surface area contributed by atoms with Gasteiger partial charge in [0.05, 0.1) is 10.9 Å². The number of primary amides is 1. The maximum atomic E-state index is 13.2. The van der Waals surface area contributed by atoms with E-state index in [1.165, 1.54) is 6.07 Å². The van der Waals surface area contributed by atoms with Crippen LogP contribution in [0.4, 0.5) is 4.39 Å². The Bertz CT molecular complexity index is 636. The van der Waals surface area contributed by atoms with Gasteiger partial charge in [0, 0.05) is 6.04 Å². The third-order valence-corrected chi connectivity index (χ3v) is 5.34. The van der Waals surface area contributed by atoms with Crippen LogP contribution in [0.2, 0.25) is 5.02 Å². The second kappa shape index (κ2) is 5.67. The Morgan fingerprint density at radius 2 is 2.10 bits per heavy atom. The lowest BCUT2D eigenvalue weighted by molar-refractivity contribution is -0.122. The van der Waals surface area contributed by atoms with Crippen LogP contribution >= 0.6 is 11.6 Å². The number of amides is 1. The van der Waals surface area contributed by atoms with Crippen LogP contribution in [0.5, 0.6) is 0 Å². The highest BCUT2D eigenvalue weighted by molar-refractivity contribution is 7.89. The van der Waals surface area contributed by atoms with Crippen LogP contribution in [-0.2, 0) is 14.8 Å². The number of hydrogen-bond donors (Lipinski definition) is 2. The molecule has 1 aliphatic carbocycles. The number of benzene rings is 1. The van der Waals surface area contributed by atoms with Crippen LogP contribution in [0.3, 0.4) is 0 Å². The van der Waals surface area contributed by atoms with Gasteiger partial charge in [-0.15, -0.1) is 0 Å². The molecule has 0 aromatic heterocycles. The zero-order valence-electron chi connectivity index (χ0n) is 10.5. The Morgan fingerprint density at radius 3 is 2.75 bits per heavy atom. The maximum absolute atomic E-state index is 13.2. The number of carbonyl (C=O) groups excluding carboxylic acids is 1. The Morgan fingerprint density at radius 1 is 1.40 bits per heavy atom. The molecule has 1 fully saturated rings. The number of nitrogens with two attached hydrogens (primary N) is 1. The summed E-state index contributed by atoms with van der Waals surface area (Å²) in [6, 6.07) is 2.52. The minimum atomic E-state index is -3.99. The summed E-state index contributed by atoms with van der Waals surface area (Å²) in [4.78, 5) is 10.9. The van der Waals surface area contributed by atoms with Crippen LogP contribution in [0.15, 0.2) is 23.1 Å². The Balaban J connectivity index is 2.27. The van der Waals surface area contributed by atoms with Crippen molar-refractivity contribution in [3.8, 4) is 0 Å². The third-order valence-electron chi connectivity index (χ3n) is 3.37. The van der Waals surface area contributed by atoms with Crippen molar-refractivity contribution in [3.63, 3.8) is 0 Å². The molecule has 20 heavy (non-hydrogen) atoms. The molecule has 2 atom stereocenters. The van der Waals surface area contributed by atoms with Gasteiger partial charge in [0.15, 0.2) is 0 Å². The molecule has 1 aromatic rings. The predicted octanol–water partition coefficient (Wildman–Crippen LogP) is 1.41. The molecule has 1 saturated carbocycles. The minimum absolute atomic E-state index is 0.0764. The summed E-state index contributed by atoms with van der Waals surface area (Å²) in [6.07, 6.45) is 1.76. The number of rotatable bonds is 4. The molecular formula is C12H14ClFN2O3S. The first-order chi connectivity index (χ1) is 9.31. The van der Waals surface area contributed by atoms with E-state index in [0.29, 0.717) is 19.3 Å². The fraction of sp³-hybridized carbons (Fsp3) is 0.417. The van der Waals surface area contributed by atoms with Crippen LogP contribution in [0, 0.1) is 11.7 Å². The van der Waals surface area contributed by atoms with Crippen molar-refractivity contribution in [2.24, 2.45) is 11.7 Å². The fourth-order valence-corrected chi connectivity index (χ4v) is 4.21. The van der Waals surface area contributed by atoms with Gasteiger partial charge < -0.3 is 5.73 Å². The fourth-order valence-electron chi connectivity index (χ4n) is 2.39. The molecule has 0 radical (unpaired) electrons. The molecule has 1 aliphatic rings. The molecule has 3 N–H and O–H groups in total. The minimum Gasteiger partial charge on any atom is -0.369 e. The smallest absolute Gasteiger partial charge is 0.242 e. The molecule has 0 spiro atoms. The molecule has 2 rings (SSSR count). The zero-order chi connectivity index (χ0) is 14.9. The van der Waals surface area contributed by atoms with Crippen molar-refractivity contribution in [2.45, 2.75) is 30.2 Å². The first-order valence-corrected chi connectivity index (χ1v) is 7.94. The number of halogens is 2. The van der Waals surface area contributed by atoms with E-state index < -0.39 is 33.7 Å². The highest BCUT2D eigenvalue weighted by atomic mass is 35.5. The second-order valence-corrected chi connectivity index (χ2v) is 6.83. The quantitative estimate of drug-likeness (QED) is 0.879. The summed E-state index contributed by atoms with van der Waals surface area (Å²) in [5, 5.41) is -0.0764. The zero-order valence-corrected chi connectivity index (χ0v) is 12.0. The van der Waals surface area contributed by atoms with E-state index in [2.05, 4.69) is 4.72 Å². The summed E-state index contributed by atoms with van der Waals surface area (Å²) in [6.45, 7) is 0. The molecule has 0 aliphatic heterocycles. The average Bonchev–Trinajstić information content (AvgIpc) is 2.79. The van der Waals surface area contributed by atoms with Crippen molar-refractivity contribution in [3.05, 3.63) is 29.0 Å². The van der Waals surface area contributed by atoms with Crippen molar-refractivity contribution < 1.29 is 17.6 Å². The molecule has 0 bridgehead atoms. The molecule has 0 unspecified atom stereocenters. The molecule has 0 heterocycles. The topological polar surface area (TPSA) is 89.3 Å². The second-order valence-electron chi connectivity index (χ2n) is 4.74. The van der Waals surface area contributed by atoms with Crippen LogP contribution in [0.25, 0.3) is 0 Å². The highest BCUT2D eigenvalue weighted by Gasteiger charge is 2.35. The predicted molar refractivity (Wildman–Crippen MR) is 72.1 cm³/mol. The van der Waals surface area contributed by atoms with Crippen molar-refractivity contribution in [2.75, 3.05) is 0 Å². The molecule has 0 saturated heterocycles. The van der Waals surface area contributed by atoms with Crippen molar-refractivity contribution in [1.29, 1.82) is 0 Å². The van der Waals surface area contributed by atoms with E-state index in [-0.39, 0.29) is 9.92 Å².